The first-order chi connectivity index (χ1) is 9.04. The Morgan fingerprint density at radius 1 is 1.47 bits per heavy atom. The van der Waals surface area contributed by atoms with Gasteiger partial charge in [0.2, 0.25) is 0 Å². The third-order valence-corrected chi connectivity index (χ3v) is 3.81. The van der Waals surface area contributed by atoms with Gasteiger partial charge >= 0.3 is 5.97 Å². The molecule has 1 aliphatic rings. The van der Waals surface area contributed by atoms with Gasteiger partial charge in [0.1, 0.15) is 0 Å². The Kier molecular flexibility index (Phi) is 4.04. The number of benzene rings is 1. The first-order valence-corrected chi connectivity index (χ1v) is 6.29. The molecule has 1 fully saturated rings. The van der Waals surface area contributed by atoms with Crippen LogP contribution >= 0.6 is 0 Å². The van der Waals surface area contributed by atoms with E-state index >= 15 is 0 Å². The zero-order valence-corrected chi connectivity index (χ0v) is 10.7. The summed E-state index contributed by atoms with van der Waals surface area (Å²) >= 11 is 0. The summed E-state index contributed by atoms with van der Waals surface area (Å²) in [5, 5.41) is 19.4. The van der Waals surface area contributed by atoms with Crippen molar-refractivity contribution in [3.63, 3.8) is 0 Å². The van der Waals surface area contributed by atoms with E-state index in [-0.39, 0.29) is 11.7 Å². The molecule has 0 amide bonds. The average Bonchev–Trinajstić information content (AvgIpc) is 2.87. The van der Waals surface area contributed by atoms with E-state index in [9.17, 15) is 14.3 Å². The normalized spacial score (nSPS) is 24.2. The average molecular weight is 268 g/mol. The van der Waals surface area contributed by atoms with Crippen LogP contribution in [0.15, 0.2) is 18.2 Å². The number of aliphatic hydroxyl groups is 1. The van der Waals surface area contributed by atoms with Gasteiger partial charge in [0.15, 0.2) is 11.6 Å². The van der Waals surface area contributed by atoms with E-state index in [1.54, 1.807) is 6.07 Å². The van der Waals surface area contributed by atoms with E-state index in [2.05, 4.69) is 0 Å². The second-order valence-electron chi connectivity index (χ2n) is 4.88. The van der Waals surface area contributed by atoms with Gasteiger partial charge in [0, 0.05) is 5.92 Å². The number of halogens is 1. The Hall–Kier alpha value is -1.62. The molecule has 0 radical (unpaired) electrons. The van der Waals surface area contributed by atoms with E-state index in [1.807, 2.05) is 0 Å². The molecule has 2 N–H and O–H groups in total. The van der Waals surface area contributed by atoms with Crippen LogP contribution in [0.3, 0.4) is 0 Å². The molecule has 2 rings (SSSR count). The summed E-state index contributed by atoms with van der Waals surface area (Å²) < 4.78 is 18.4. The molecular weight excluding hydrogens is 251 g/mol. The molecule has 1 aromatic rings. The first kappa shape index (κ1) is 13.8. The number of carbonyl (C=O) groups is 1. The summed E-state index contributed by atoms with van der Waals surface area (Å²) in [4.78, 5) is 11.1. The minimum Gasteiger partial charge on any atom is -0.494 e. The fourth-order valence-electron chi connectivity index (χ4n) is 2.79. The summed E-state index contributed by atoms with van der Waals surface area (Å²) in [5.41, 5.74) is 0.399. The van der Waals surface area contributed by atoms with Crippen molar-refractivity contribution in [2.24, 2.45) is 11.8 Å². The van der Waals surface area contributed by atoms with E-state index in [1.165, 1.54) is 19.2 Å². The smallest absolute Gasteiger partial charge is 0.306 e. The Bertz CT molecular complexity index is 475. The highest BCUT2D eigenvalue weighted by molar-refractivity contribution is 5.70. The number of rotatable bonds is 4. The maximum Gasteiger partial charge on any atom is 0.306 e. The van der Waals surface area contributed by atoms with Crippen LogP contribution in [-0.2, 0) is 4.79 Å². The van der Waals surface area contributed by atoms with Gasteiger partial charge in [-0.1, -0.05) is 12.5 Å². The molecule has 0 heterocycles. The number of ether oxygens (including phenoxy) is 1. The standard InChI is InChI=1S/C14H17FO4/c1-19-12-6-5-8(7-11(12)15)13(16)9-3-2-4-10(9)14(17)18/h5-7,9-10,13,16H,2-4H2,1H3,(H,17,18). The fourth-order valence-corrected chi connectivity index (χ4v) is 2.79. The zero-order chi connectivity index (χ0) is 14.0. The Morgan fingerprint density at radius 2 is 2.21 bits per heavy atom. The predicted octanol–water partition coefficient (Wildman–Crippen LogP) is 2.37. The minimum atomic E-state index is -0.955. The number of carboxylic acid groups (broad SMARTS) is 1. The molecule has 0 aromatic heterocycles. The zero-order valence-electron chi connectivity index (χ0n) is 10.7. The van der Waals surface area contributed by atoms with Crippen molar-refractivity contribution < 1.29 is 24.1 Å². The molecule has 5 heteroatoms. The maximum atomic E-state index is 13.6. The second-order valence-corrected chi connectivity index (χ2v) is 4.88. The molecule has 0 spiro atoms. The number of aliphatic carboxylic acids is 1. The molecule has 3 unspecified atom stereocenters. The highest BCUT2D eigenvalue weighted by atomic mass is 19.1. The molecule has 4 nitrogen and oxygen atoms in total. The van der Waals surface area contributed by atoms with Crippen molar-refractivity contribution in [2.75, 3.05) is 7.11 Å². The predicted molar refractivity (Wildman–Crippen MR) is 66.4 cm³/mol. The summed E-state index contributed by atoms with van der Waals surface area (Å²) in [6, 6.07) is 4.23. The quantitative estimate of drug-likeness (QED) is 0.879. The van der Waals surface area contributed by atoms with Crippen molar-refractivity contribution in [3.05, 3.63) is 29.6 Å². The first-order valence-electron chi connectivity index (χ1n) is 6.29. The largest absolute Gasteiger partial charge is 0.494 e. The van der Waals surface area contributed by atoms with Crippen LogP contribution in [0, 0.1) is 17.7 Å². The van der Waals surface area contributed by atoms with Gasteiger partial charge in [0.05, 0.1) is 19.1 Å². The lowest BCUT2D eigenvalue weighted by Crippen LogP contribution is -2.24. The SMILES string of the molecule is COc1ccc(C(O)C2CCCC2C(=O)O)cc1F. The van der Waals surface area contributed by atoms with Crippen LogP contribution in [0.4, 0.5) is 4.39 Å². The van der Waals surface area contributed by atoms with Crippen molar-refractivity contribution in [3.8, 4) is 5.75 Å². The highest BCUT2D eigenvalue weighted by Gasteiger charge is 2.38. The Balaban J connectivity index is 2.21. The summed E-state index contributed by atoms with van der Waals surface area (Å²) in [7, 11) is 1.37. The third-order valence-electron chi connectivity index (χ3n) is 3.81. The monoisotopic (exact) mass is 268 g/mol. The summed E-state index contributed by atoms with van der Waals surface area (Å²) in [5.74, 6) is -2.25. The fraction of sp³-hybridized carbons (Fsp3) is 0.500. The number of hydrogen-bond acceptors (Lipinski definition) is 3. The number of methoxy groups -OCH3 is 1. The Morgan fingerprint density at radius 3 is 2.79 bits per heavy atom. The van der Waals surface area contributed by atoms with Crippen molar-refractivity contribution in [2.45, 2.75) is 25.4 Å². The molecule has 1 aromatic carbocycles. The van der Waals surface area contributed by atoms with Gasteiger partial charge in [-0.15, -0.1) is 0 Å². The number of carboxylic acids is 1. The molecule has 104 valence electrons. The molecular formula is C14H17FO4. The van der Waals surface area contributed by atoms with Crippen LogP contribution in [0.25, 0.3) is 0 Å². The van der Waals surface area contributed by atoms with Crippen molar-refractivity contribution in [1.82, 2.24) is 0 Å². The van der Waals surface area contributed by atoms with Crippen LogP contribution < -0.4 is 4.74 Å². The lowest BCUT2D eigenvalue weighted by atomic mass is 9.87. The van der Waals surface area contributed by atoms with E-state index in [4.69, 9.17) is 9.84 Å². The minimum absolute atomic E-state index is 0.108. The number of hydrogen-bond donors (Lipinski definition) is 2. The van der Waals surface area contributed by atoms with Gasteiger partial charge in [0.25, 0.3) is 0 Å². The lowest BCUT2D eigenvalue weighted by molar-refractivity contribution is -0.144. The maximum absolute atomic E-state index is 13.6. The molecule has 1 aliphatic carbocycles. The van der Waals surface area contributed by atoms with Crippen LogP contribution in [0.5, 0.6) is 5.75 Å². The van der Waals surface area contributed by atoms with Gasteiger partial charge in [-0.2, -0.15) is 0 Å². The van der Waals surface area contributed by atoms with Gasteiger partial charge < -0.3 is 14.9 Å². The van der Waals surface area contributed by atoms with Crippen LogP contribution in [0.2, 0.25) is 0 Å². The second kappa shape index (κ2) is 5.57. The van der Waals surface area contributed by atoms with Gasteiger partial charge in [-0.3, -0.25) is 4.79 Å². The van der Waals surface area contributed by atoms with E-state index in [0.29, 0.717) is 18.4 Å². The molecule has 0 saturated heterocycles. The molecule has 0 aliphatic heterocycles. The Labute approximate surface area is 110 Å². The van der Waals surface area contributed by atoms with Crippen LogP contribution in [-0.4, -0.2) is 23.3 Å². The summed E-state index contributed by atoms with van der Waals surface area (Å²) in [6.07, 6.45) is 1.03. The highest BCUT2D eigenvalue weighted by Crippen LogP contribution is 2.41. The summed E-state index contributed by atoms with van der Waals surface area (Å²) in [6.45, 7) is 0. The lowest BCUT2D eigenvalue weighted by Gasteiger charge is -2.22. The van der Waals surface area contributed by atoms with E-state index in [0.717, 1.165) is 6.42 Å². The molecule has 0 bridgehead atoms. The van der Waals surface area contributed by atoms with E-state index < -0.39 is 23.8 Å². The van der Waals surface area contributed by atoms with Crippen molar-refractivity contribution in [1.29, 1.82) is 0 Å². The van der Waals surface area contributed by atoms with Crippen molar-refractivity contribution >= 4 is 5.97 Å². The molecule has 3 atom stereocenters. The topological polar surface area (TPSA) is 66.8 Å². The third kappa shape index (κ3) is 2.71. The molecule has 1 saturated carbocycles. The van der Waals surface area contributed by atoms with Crippen LogP contribution in [0.1, 0.15) is 30.9 Å². The van der Waals surface area contributed by atoms with Gasteiger partial charge in [-0.25, -0.2) is 4.39 Å². The number of aliphatic hydroxyl groups excluding tert-OH is 1. The van der Waals surface area contributed by atoms with Gasteiger partial charge in [-0.05, 0) is 30.5 Å². The molecule has 19 heavy (non-hydrogen) atoms.